The van der Waals surface area contributed by atoms with Gasteiger partial charge in [0.15, 0.2) is 6.10 Å². The standard InChI is InChI=1S/C53H93O13P/c1-3-5-7-9-11-13-15-17-19-21-22-23-24-26-27-29-31-33-35-37-39-41-46(54)63-43-45(44-64-67(61,62)66-53-51(59)49(57)48(56)50(58)52(53)60)65-47(55)42-40-38-36-34-32-30-28-25-20-18-16-14-12-10-8-6-4-2/h14,16,19,21,23-24,27,29,33,35,45,48-53,56-60H,3-13,15,17-18,20,22,25-26,28,30-32,34,36-44H2,1-2H3,(H,61,62)/b16-14+,21-19+,24-23+,29-27+,35-33+/t45-,48?,49-,50?,51?,52?,53?/m0/s1. The van der Waals surface area contributed by atoms with Crippen molar-refractivity contribution in [3.63, 3.8) is 0 Å². The predicted octanol–water partition coefficient (Wildman–Crippen LogP) is 11.3. The van der Waals surface area contributed by atoms with Crippen molar-refractivity contribution in [1.29, 1.82) is 0 Å². The van der Waals surface area contributed by atoms with E-state index in [1.807, 2.05) is 12.2 Å². The van der Waals surface area contributed by atoms with Crippen LogP contribution in [0.3, 0.4) is 0 Å². The van der Waals surface area contributed by atoms with Crippen molar-refractivity contribution >= 4 is 19.8 Å². The summed E-state index contributed by atoms with van der Waals surface area (Å²) in [5.74, 6) is -1.17. The van der Waals surface area contributed by atoms with Crippen LogP contribution in [0.4, 0.5) is 0 Å². The summed E-state index contributed by atoms with van der Waals surface area (Å²) in [6, 6.07) is 0. The number of carbonyl (C=O) groups excluding carboxylic acids is 2. The Hall–Kier alpha value is -2.45. The topological polar surface area (TPSA) is 210 Å². The number of unbranched alkanes of at least 4 members (excludes halogenated alkanes) is 21. The average Bonchev–Trinajstić information content (AvgIpc) is 3.31. The second-order valence-electron chi connectivity index (χ2n) is 18.0. The highest BCUT2D eigenvalue weighted by molar-refractivity contribution is 7.47. The number of ether oxygens (including phenoxy) is 2. The van der Waals surface area contributed by atoms with Gasteiger partial charge in [-0.25, -0.2) is 4.57 Å². The zero-order valence-electron chi connectivity index (χ0n) is 41.4. The molecule has 14 heteroatoms. The molecule has 1 saturated carbocycles. The van der Waals surface area contributed by atoms with E-state index in [0.29, 0.717) is 19.3 Å². The van der Waals surface area contributed by atoms with Gasteiger partial charge in [-0.2, -0.15) is 0 Å². The molecular weight excluding hydrogens is 876 g/mol. The minimum absolute atomic E-state index is 0.0810. The maximum atomic E-state index is 12.8. The summed E-state index contributed by atoms with van der Waals surface area (Å²) in [5, 5.41) is 50.3. The number of aliphatic hydroxyl groups is 5. The SMILES string of the molecule is CCCCCC/C=C/CCCCCCCCCCCC(=O)O[C@@H](COC(=O)CCC/C=C/C/C=C/C/C=C/C/C=C/CCCCCCCCC)COP(=O)(O)OC1C(O)C(O)C(O)[C@H](O)C1O. The lowest BCUT2D eigenvalue weighted by Gasteiger charge is -2.41. The van der Waals surface area contributed by atoms with Crippen LogP contribution in [0.2, 0.25) is 0 Å². The van der Waals surface area contributed by atoms with Gasteiger partial charge in [-0.05, 0) is 77.0 Å². The van der Waals surface area contributed by atoms with Gasteiger partial charge in [0.25, 0.3) is 0 Å². The number of esters is 2. The minimum atomic E-state index is -5.14. The molecule has 6 N–H and O–H groups in total. The third-order valence-electron chi connectivity index (χ3n) is 11.8. The number of hydrogen-bond donors (Lipinski definition) is 6. The first-order chi connectivity index (χ1) is 32.4. The number of allylic oxidation sites excluding steroid dienone is 10. The van der Waals surface area contributed by atoms with E-state index in [-0.39, 0.29) is 12.8 Å². The van der Waals surface area contributed by atoms with Crippen LogP contribution in [0.5, 0.6) is 0 Å². The molecule has 1 rings (SSSR count). The van der Waals surface area contributed by atoms with E-state index in [0.717, 1.165) is 57.8 Å². The van der Waals surface area contributed by atoms with Crippen molar-refractivity contribution in [2.45, 2.75) is 249 Å². The van der Waals surface area contributed by atoms with Crippen LogP contribution in [-0.2, 0) is 32.7 Å². The fourth-order valence-electron chi connectivity index (χ4n) is 7.63. The fraction of sp³-hybridized carbons (Fsp3) is 0.774. The lowest BCUT2D eigenvalue weighted by Crippen LogP contribution is -2.64. The highest BCUT2D eigenvalue weighted by atomic mass is 31.2. The summed E-state index contributed by atoms with van der Waals surface area (Å²) in [6.45, 7) is 3.26. The summed E-state index contributed by atoms with van der Waals surface area (Å²) in [4.78, 5) is 35.8. The maximum Gasteiger partial charge on any atom is 0.472 e. The Bertz CT molecular complexity index is 1400. The summed E-state index contributed by atoms with van der Waals surface area (Å²) >= 11 is 0. The van der Waals surface area contributed by atoms with Crippen molar-refractivity contribution in [2.24, 2.45) is 0 Å². The molecule has 0 bridgehead atoms. The van der Waals surface area contributed by atoms with Crippen LogP contribution in [-0.4, -0.2) is 98.3 Å². The van der Waals surface area contributed by atoms with E-state index in [1.165, 1.54) is 103 Å². The lowest BCUT2D eigenvalue weighted by atomic mass is 9.85. The summed E-state index contributed by atoms with van der Waals surface area (Å²) in [6.07, 6.45) is 39.9. The molecule has 0 aromatic rings. The molecule has 0 amide bonds. The van der Waals surface area contributed by atoms with E-state index in [4.69, 9.17) is 18.5 Å². The quantitative estimate of drug-likeness (QED) is 0.0146. The molecule has 0 spiro atoms. The number of rotatable bonds is 43. The Labute approximate surface area is 404 Å². The van der Waals surface area contributed by atoms with Gasteiger partial charge in [0.05, 0.1) is 6.61 Å². The molecule has 0 heterocycles. The van der Waals surface area contributed by atoms with E-state index < -0.39 is 75.7 Å². The molecule has 0 radical (unpaired) electrons. The monoisotopic (exact) mass is 969 g/mol. The van der Waals surface area contributed by atoms with Gasteiger partial charge in [0.2, 0.25) is 0 Å². The van der Waals surface area contributed by atoms with Gasteiger partial charge in [-0.1, -0.05) is 177 Å². The number of phosphoric acid groups is 1. The molecule has 1 fully saturated rings. The predicted molar refractivity (Wildman–Crippen MR) is 267 cm³/mol. The van der Waals surface area contributed by atoms with Gasteiger partial charge in [-0.3, -0.25) is 18.6 Å². The molecule has 0 saturated heterocycles. The molecule has 1 aliphatic carbocycles. The number of hydrogen-bond acceptors (Lipinski definition) is 12. The van der Waals surface area contributed by atoms with Gasteiger partial charge >= 0.3 is 19.8 Å². The Morgan fingerprint density at radius 2 is 0.821 bits per heavy atom. The van der Waals surface area contributed by atoms with Crippen LogP contribution >= 0.6 is 7.82 Å². The van der Waals surface area contributed by atoms with Gasteiger partial charge < -0.3 is 39.9 Å². The number of carbonyl (C=O) groups is 2. The first kappa shape index (κ1) is 62.6. The first-order valence-corrected chi connectivity index (χ1v) is 27.6. The van der Waals surface area contributed by atoms with Crippen molar-refractivity contribution in [2.75, 3.05) is 13.2 Å². The Morgan fingerprint density at radius 1 is 0.463 bits per heavy atom. The second-order valence-corrected chi connectivity index (χ2v) is 19.4. The van der Waals surface area contributed by atoms with E-state index >= 15 is 0 Å². The summed E-state index contributed by atoms with van der Waals surface area (Å²) in [5.41, 5.74) is 0. The normalized spacial score (nSPS) is 21.6. The number of phosphoric ester groups is 1. The van der Waals surface area contributed by atoms with Crippen LogP contribution in [0.1, 0.15) is 206 Å². The van der Waals surface area contributed by atoms with E-state index in [2.05, 4.69) is 62.5 Å². The van der Waals surface area contributed by atoms with Gasteiger partial charge in [-0.15, -0.1) is 0 Å². The molecule has 388 valence electrons. The molecule has 0 aromatic carbocycles. The van der Waals surface area contributed by atoms with Crippen molar-refractivity contribution in [1.82, 2.24) is 0 Å². The minimum Gasteiger partial charge on any atom is -0.462 e. The molecular formula is C53H93O13P. The van der Waals surface area contributed by atoms with Crippen LogP contribution in [0.25, 0.3) is 0 Å². The van der Waals surface area contributed by atoms with Crippen LogP contribution < -0.4 is 0 Å². The summed E-state index contributed by atoms with van der Waals surface area (Å²) in [7, 11) is -5.14. The largest absolute Gasteiger partial charge is 0.472 e. The van der Waals surface area contributed by atoms with Crippen molar-refractivity contribution in [3.05, 3.63) is 60.8 Å². The Kier molecular flexibility index (Phi) is 39.6. The van der Waals surface area contributed by atoms with Gasteiger partial charge in [0, 0.05) is 12.8 Å². The molecule has 0 aromatic heterocycles. The van der Waals surface area contributed by atoms with Crippen molar-refractivity contribution < 1.29 is 63.1 Å². The highest BCUT2D eigenvalue weighted by Gasteiger charge is 2.51. The molecule has 13 nitrogen and oxygen atoms in total. The number of aliphatic hydroxyl groups excluding tert-OH is 5. The fourth-order valence-corrected chi connectivity index (χ4v) is 8.60. The zero-order chi connectivity index (χ0) is 49.2. The highest BCUT2D eigenvalue weighted by Crippen LogP contribution is 2.47. The van der Waals surface area contributed by atoms with Gasteiger partial charge in [0.1, 0.15) is 43.2 Å². The summed E-state index contributed by atoms with van der Waals surface area (Å²) < 4.78 is 33.6. The Balaban J connectivity index is 2.44. The van der Waals surface area contributed by atoms with Crippen molar-refractivity contribution in [3.8, 4) is 0 Å². The lowest BCUT2D eigenvalue weighted by molar-refractivity contribution is -0.220. The van der Waals surface area contributed by atoms with Crippen LogP contribution in [0.15, 0.2) is 60.8 Å². The second kappa shape index (κ2) is 42.4. The molecule has 8 atom stereocenters. The first-order valence-electron chi connectivity index (χ1n) is 26.1. The third-order valence-corrected chi connectivity index (χ3v) is 12.8. The average molecular weight is 969 g/mol. The molecule has 6 unspecified atom stereocenters. The molecule has 67 heavy (non-hydrogen) atoms. The molecule has 0 aliphatic heterocycles. The van der Waals surface area contributed by atoms with E-state index in [1.54, 1.807) is 0 Å². The molecule has 1 aliphatic rings. The zero-order valence-corrected chi connectivity index (χ0v) is 42.3. The smallest absolute Gasteiger partial charge is 0.462 e. The van der Waals surface area contributed by atoms with E-state index in [9.17, 15) is 44.6 Å². The Morgan fingerprint density at radius 3 is 1.30 bits per heavy atom. The maximum absolute atomic E-state index is 12.8. The third kappa shape index (κ3) is 34.5. The van der Waals surface area contributed by atoms with Crippen LogP contribution in [0, 0.1) is 0 Å².